The summed E-state index contributed by atoms with van der Waals surface area (Å²) < 4.78 is 5.39. The number of aromatic nitrogens is 1. The van der Waals surface area contributed by atoms with E-state index in [9.17, 15) is 14.9 Å². The van der Waals surface area contributed by atoms with E-state index in [-0.39, 0.29) is 11.4 Å². The van der Waals surface area contributed by atoms with Crippen molar-refractivity contribution >= 4 is 29.1 Å². The fourth-order valence-corrected chi connectivity index (χ4v) is 3.54. The third-order valence-electron chi connectivity index (χ3n) is 4.05. The second-order valence-corrected chi connectivity index (χ2v) is 7.52. The maximum absolute atomic E-state index is 12.4. The highest BCUT2D eigenvalue weighted by atomic mass is 32.1. The Bertz CT molecular complexity index is 1080. The zero-order valence-electron chi connectivity index (χ0n) is 16.5. The standard InChI is InChI=1S/C21H20N4O4S/c1-3-11-29-18-10-9-15(12-17(18)25(27)28)13-22-24-20(26)19-14(2)30-21(23-19)16-7-5-4-6-8-16/h4-10,12-13H,3,11H2,1-2H3,(H,24,26)/b22-13-. The molecule has 0 atom stereocenters. The van der Waals surface area contributed by atoms with E-state index in [2.05, 4.69) is 15.5 Å². The van der Waals surface area contributed by atoms with Crippen LogP contribution in [0.1, 0.15) is 34.3 Å². The van der Waals surface area contributed by atoms with Crippen molar-refractivity contribution in [3.63, 3.8) is 0 Å². The van der Waals surface area contributed by atoms with Crippen molar-refractivity contribution in [2.45, 2.75) is 20.3 Å². The number of nitro benzene ring substituents is 1. The minimum atomic E-state index is -0.509. The summed E-state index contributed by atoms with van der Waals surface area (Å²) in [6, 6.07) is 14.1. The molecule has 0 aliphatic carbocycles. The minimum Gasteiger partial charge on any atom is -0.487 e. The zero-order chi connectivity index (χ0) is 21.5. The highest BCUT2D eigenvalue weighted by Gasteiger charge is 2.17. The summed E-state index contributed by atoms with van der Waals surface area (Å²) in [5.74, 6) is -0.242. The summed E-state index contributed by atoms with van der Waals surface area (Å²) in [7, 11) is 0. The molecule has 0 fully saturated rings. The number of hydrogen-bond acceptors (Lipinski definition) is 7. The molecule has 0 aliphatic heterocycles. The average Bonchev–Trinajstić information content (AvgIpc) is 3.15. The Morgan fingerprint density at radius 3 is 2.77 bits per heavy atom. The van der Waals surface area contributed by atoms with Crippen LogP contribution in [-0.2, 0) is 0 Å². The van der Waals surface area contributed by atoms with Crippen molar-refractivity contribution in [3.05, 3.63) is 74.8 Å². The van der Waals surface area contributed by atoms with E-state index in [1.165, 1.54) is 29.7 Å². The first-order chi connectivity index (χ1) is 14.5. The molecule has 0 spiro atoms. The van der Waals surface area contributed by atoms with Crippen LogP contribution in [0.5, 0.6) is 5.75 Å². The molecule has 3 aromatic rings. The van der Waals surface area contributed by atoms with Gasteiger partial charge in [-0.15, -0.1) is 11.3 Å². The molecule has 0 aliphatic rings. The lowest BCUT2D eigenvalue weighted by Gasteiger charge is -2.05. The van der Waals surface area contributed by atoms with E-state index in [0.717, 1.165) is 21.9 Å². The Labute approximate surface area is 177 Å². The van der Waals surface area contributed by atoms with Gasteiger partial charge in [0.05, 0.1) is 17.7 Å². The largest absolute Gasteiger partial charge is 0.487 e. The van der Waals surface area contributed by atoms with Crippen LogP contribution in [0.2, 0.25) is 0 Å². The fourth-order valence-electron chi connectivity index (χ4n) is 2.62. The van der Waals surface area contributed by atoms with Crippen molar-refractivity contribution < 1.29 is 14.5 Å². The third-order valence-corrected chi connectivity index (χ3v) is 5.07. The predicted octanol–water partition coefficient (Wildman–Crippen LogP) is 4.58. The Kier molecular flexibility index (Phi) is 6.87. The Hall–Kier alpha value is -3.59. The molecule has 0 saturated heterocycles. The van der Waals surface area contributed by atoms with Gasteiger partial charge in [-0.3, -0.25) is 14.9 Å². The number of rotatable bonds is 8. The second-order valence-electron chi connectivity index (χ2n) is 6.32. The summed E-state index contributed by atoms with van der Waals surface area (Å²) in [6.45, 7) is 4.13. The SMILES string of the molecule is CCCOc1ccc(/C=N\NC(=O)c2nc(-c3ccccc3)sc2C)cc1[N+](=O)[O-]. The first-order valence-electron chi connectivity index (χ1n) is 9.27. The Morgan fingerprint density at radius 1 is 1.30 bits per heavy atom. The van der Waals surface area contributed by atoms with Crippen LogP contribution in [0.3, 0.4) is 0 Å². The molecule has 0 saturated carbocycles. The molecule has 0 radical (unpaired) electrons. The summed E-state index contributed by atoms with van der Waals surface area (Å²) in [5.41, 5.74) is 3.97. The highest BCUT2D eigenvalue weighted by molar-refractivity contribution is 7.15. The Morgan fingerprint density at radius 2 is 2.07 bits per heavy atom. The molecular weight excluding hydrogens is 404 g/mol. The van der Waals surface area contributed by atoms with Gasteiger partial charge in [0.25, 0.3) is 5.91 Å². The van der Waals surface area contributed by atoms with E-state index in [1.807, 2.05) is 44.2 Å². The highest BCUT2D eigenvalue weighted by Crippen LogP contribution is 2.28. The molecule has 9 heteroatoms. The van der Waals surface area contributed by atoms with Gasteiger partial charge in [0, 0.05) is 22.1 Å². The molecule has 30 heavy (non-hydrogen) atoms. The lowest BCUT2D eigenvalue weighted by atomic mass is 10.2. The van der Waals surface area contributed by atoms with Crippen molar-refractivity contribution in [1.82, 2.24) is 10.4 Å². The molecule has 8 nitrogen and oxygen atoms in total. The lowest BCUT2D eigenvalue weighted by molar-refractivity contribution is -0.385. The maximum Gasteiger partial charge on any atom is 0.311 e. The minimum absolute atomic E-state index is 0.151. The van der Waals surface area contributed by atoms with Crippen molar-refractivity contribution in [2.75, 3.05) is 6.61 Å². The molecule has 1 amide bonds. The predicted molar refractivity (Wildman–Crippen MR) is 116 cm³/mol. The number of benzene rings is 2. The first-order valence-corrected chi connectivity index (χ1v) is 10.1. The number of amides is 1. The van der Waals surface area contributed by atoms with Crippen LogP contribution in [-0.4, -0.2) is 28.6 Å². The van der Waals surface area contributed by atoms with Gasteiger partial charge in [-0.2, -0.15) is 5.10 Å². The quantitative estimate of drug-likeness (QED) is 0.324. The van der Waals surface area contributed by atoms with Crippen LogP contribution in [0.25, 0.3) is 10.6 Å². The molecule has 1 aromatic heterocycles. The third kappa shape index (κ3) is 5.06. The van der Waals surface area contributed by atoms with E-state index >= 15 is 0 Å². The number of hydrazone groups is 1. The van der Waals surface area contributed by atoms with Gasteiger partial charge < -0.3 is 4.74 Å². The van der Waals surface area contributed by atoms with E-state index in [0.29, 0.717) is 17.9 Å². The normalized spacial score (nSPS) is 10.9. The molecule has 0 bridgehead atoms. The number of nitro groups is 1. The molecule has 2 aromatic carbocycles. The number of nitrogens with zero attached hydrogens (tertiary/aromatic N) is 3. The smallest absolute Gasteiger partial charge is 0.311 e. The topological polar surface area (TPSA) is 107 Å². The number of carbonyl (C=O) groups excluding carboxylic acids is 1. The summed E-state index contributed by atoms with van der Waals surface area (Å²) >= 11 is 1.43. The molecule has 154 valence electrons. The number of hydrogen-bond donors (Lipinski definition) is 1. The van der Waals surface area contributed by atoms with Crippen LogP contribution in [0, 0.1) is 17.0 Å². The van der Waals surface area contributed by atoms with Crippen molar-refractivity contribution in [2.24, 2.45) is 5.10 Å². The van der Waals surface area contributed by atoms with Gasteiger partial charge in [0.1, 0.15) is 10.7 Å². The first kappa shape index (κ1) is 21.1. The van der Waals surface area contributed by atoms with Gasteiger partial charge in [0.2, 0.25) is 0 Å². The molecule has 0 unspecified atom stereocenters. The number of thiazole rings is 1. The number of nitrogens with one attached hydrogen (secondary N) is 1. The van der Waals surface area contributed by atoms with Gasteiger partial charge in [-0.1, -0.05) is 37.3 Å². The Balaban J connectivity index is 1.71. The second kappa shape index (κ2) is 9.75. The molecular formula is C21H20N4O4S. The van der Waals surface area contributed by atoms with Gasteiger partial charge in [-0.05, 0) is 25.5 Å². The fraction of sp³-hybridized carbons (Fsp3) is 0.190. The van der Waals surface area contributed by atoms with Crippen LogP contribution < -0.4 is 10.2 Å². The van der Waals surface area contributed by atoms with Gasteiger partial charge in [-0.25, -0.2) is 10.4 Å². The van der Waals surface area contributed by atoms with Crippen LogP contribution >= 0.6 is 11.3 Å². The molecule has 1 heterocycles. The average molecular weight is 424 g/mol. The van der Waals surface area contributed by atoms with Gasteiger partial charge >= 0.3 is 5.69 Å². The summed E-state index contributed by atoms with van der Waals surface area (Å²) in [5, 5.41) is 15.9. The number of aryl methyl sites for hydroxylation is 1. The van der Waals surface area contributed by atoms with Crippen molar-refractivity contribution in [1.29, 1.82) is 0 Å². The number of carbonyl (C=O) groups is 1. The molecule has 3 rings (SSSR count). The lowest BCUT2D eigenvalue weighted by Crippen LogP contribution is -2.19. The monoisotopic (exact) mass is 424 g/mol. The summed E-state index contributed by atoms with van der Waals surface area (Å²) in [6.07, 6.45) is 2.09. The van der Waals surface area contributed by atoms with Crippen LogP contribution in [0.4, 0.5) is 5.69 Å². The van der Waals surface area contributed by atoms with E-state index < -0.39 is 10.8 Å². The van der Waals surface area contributed by atoms with Crippen LogP contribution in [0.15, 0.2) is 53.6 Å². The van der Waals surface area contributed by atoms with E-state index in [4.69, 9.17) is 4.74 Å². The van der Waals surface area contributed by atoms with Gasteiger partial charge in [0.15, 0.2) is 5.75 Å². The van der Waals surface area contributed by atoms with E-state index in [1.54, 1.807) is 6.07 Å². The molecule has 1 N–H and O–H groups in total. The van der Waals surface area contributed by atoms with Crippen molar-refractivity contribution in [3.8, 4) is 16.3 Å². The number of ether oxygens (including phenoxy) is 1. The zero-order valence-corrected chi connectivity index (χ0v) is 17.3. The maximum atomic E-state index is 12.4. The summed E-state index contributed by atoms with van der Waals surface area (Å²) in [4.78, 5) is 28.4.